The zero-order valence-corrected chi connectivity index (χ0v) is 10.2. The van der Waals surface area contributed by atoms with Crippen molar-refractivity contribution in [3.63, 3.8) is 0 Å². The van der Waals surface area contributed by atoms with Gasteiger partial charge in [0, 0.05) is 18.7 Å². The van der Waals surface area contributed by atoms with Crippen LogP contribution >= 0.6 is 11.6 Å². The van der Waals surface area contributed by atoms with Crippen molar-refractivity contribution in [2.75, 3.05) is 11.9 Å². The van der Waals surface area contributed by atoms with Crippen molar-refractivity contribution < 1.29 is 5.11 Å². The van der Waals surface area contributed by atoms with Gasteiger partial charge < -0.3 is 10.0 Å². The number of hydrogen-bond acceptors (Lipinski definition) is 3. The molecule has 0 amide bonds. The van der Waals surface area contributed by atoms with Gasteiger partial charge in [-0.3, -0.25) is 0 Å². The van der Waals surface area contributed by atoms with Gasteiger partial charge in [-0.05, 0) is 13.0 Å². The lowest BCUT2D eigenvalue weighted by Gasteiger charge is -2.28. The molecule has 0 saturated carbocycles. The van der Waals surface area contributed by atoms with E-state index >= 15 is 0 Å². The summed E-state index contributed by atoms with van der Waals surface area (Å²) in [5.74, 6) is 0. The molecule has 0 aromatic heterocycles. The average Bonchev–Trinajstić information content (AvgIpc) is 2.28. The maximum atomic E-state index is 9.25. The monoisotopic (exact) mass is 238 g/mol. The van der Waals surface area contributed by atoms with E-state index in [1.807, 2.05) is 24.9 Å². The first kappa shape index (κ1) is 12.8. The molecule has 0 saturated heterocycles. The third-order valence-corrected chi connectivity index (χ3v) is 2.95. The van der Waals surface area contributed by atoms with Gasteiger partial charge in [0.1, 0.15) is 0 Å². The van der Waals surface area contributed by atoms with E-state index in [-0.39, 0.29) is 12.6 Å². The molecule has 1 unspecified atom stereocenters. The van der Waals surface area contributed by atoms with E-state index in [1.165, 1.54) is 0 Å². The van der Waals surface area contributed by atoms with E-state index in [2.05, 4.69) is 6.07 Å². The summed E-state index contributed by atoms with van der Waals surface area (Å²) in [7, 11) is 1.88. The third kappa shape index (κ3) is 2.66. The van der Waals surface area contributed by atoms with E-state index in [0.29, 0.717) is 11.4 Å². The number of nitriles is 1. The summed E-state index contributed by atoms with van der Waals surface area (Å²) < 4.78 is 0. The molecule has 0 aliphatic rings. The fourth-order valence-electron chi connectivity index (χ4n) is 1.57. The minimum atomic E-state index is -0.0560. The second kappa shape index (κ2) is 5.74. The van der Waals surface area contributed by atoms with E-state index in [0.717, 1.165) is 11.3 Å². The van der Waals surface area contributed by atoms with Crippen molar-refractivity contribution >= 4 is 17.3 Å². The number of nitrogens with zero attached hydrogens (tertiary/aromatic N) is 2. The predicted octanol–water partition coefficient (Wildman–Crippen LogP) is 2.57. The van der Waals surface area contributed by atoms with Crippen LogP contribution in [0.1, 0.15) is 18.9 Å². The number of halogens is 1. The van der Waals surface area contributed by atoms with Gasteiger partial charge in [-0.25, -0.2) is 0 Å². The second-order valence-corrected chi connectivity index (χ2v) is 4.14. The van der Waals surface area contributed by atoms with Gasteiger partial charge in [0.2, 0.25) is 0 Å². The van der Waals surface area contributed by atoms with E-state index in [4.69, 9.17) is 16.9 Å². The second-order valence-electron chi connectivity index (χ2n) is 3.73. The Balaban J connectivity index is 3.07. The van der Waals surface area contributed by atoms with E-state index in [9.17, 15) is 5.11 Å². The maximum absolute atomic E-state index is 9.25. The Morgan fingerprint density at radius 3 is 2.81 bits per heavy atom. The van der Waals surface area contributed by atoms with Gasteiger partial charge in [-0.1, -0.05) is 23.7 Å². The van der Waals surface area contributed by atoms with Crippen LogP contribution in [-0.4, -0.2) is 18.2 Å². The Morgan fingerprint density at radius 1 is 1.56 bits per heavy atom. The molecule has 1 aromatic rings. The number of hydrogen-bond donors (Lipinski definition) is 1. The lowest BCUT2D eigenvalue weighted by molar-refractivity contribution is 0.282. The number of anilines is 1. The lowest BCUT2D eigenvalue weighted by Crippen LogP contribution is -2.29. The highest BCUT2D eigenvalue weighted by molar-refractivity contribution is 6.33. The van der Waals surface area contributed by atoms with Crippen molar-refractivity contribution in [1.29, 1.82) is 5.26 Å². The number of benzene rings is 1. The zero-order chi connectivity index (χ0) is 12.1. The van der Waals surface area contributed by atoms with Gasteiger partial charge in [-0.2, -0.15) is 5.26 Å². The lowest BCUT2D eigenvalue weighted by atomic mass is 10.1. The molecule has 4 heteroatoms. The predicted molar refractivity (Wildman–Crippen MR) is 65.5 cm³/mol. The molecule has 1 atom stereocenters. The van der Waals surface area contributed by atoms with Crippen molar-refractivity contribution in [1.82, 2.24) is 0 Å². The first-order valence-corrected chi connectivity index (χ1v) is 5.47. The molecule has 0 heterocycles. The normalized spacial score (nSPS) is 11.9. The highest BCUT2D eigenvalue weighted by Gasteiger charge is 2.15. The van der Waals surface area contributed by atoms with E-state index in [1.54, 1.807) is 12.1 Å². The largest absolute Gasteiger partial charge is 0.392 e. The Morgan fingerprint density at radius 2 is 2.25 bits per heavy atom. The van der Waals surface area contributed by atoms with Crippen molar-refractivity contribution in [2.24, 2.45) is 0 Å². The van der Waals surface area contributed by atoms with Crippen LogP contribution in [0.2, 0.25) is 5.02 Å². The third-order valence-electron chi connectivity index (χ3n) is 2.64. The number of aliphatic hydroxyl groups excluding tert-OH is 1. The molecule has 3 nitrogen and oxygen atoms in total. The smallest absolute Gasteiger partial charge is 0.0702 e. The van der Waals surface area contributed by atoms with Crippen LogP contribution in [-0.2, 0) is 6.61 Å². The topological polar surface area (TPSA) is 47.3 Å². The van der Waals surface area contributed by atoms with Crippen LogP contribution in [0.5, 0.6) is 0 Å². The summed E-state index contributed by atoms with van der Waals surface area (Å²) in [6.07, 6.45) is 0.423. The molecule has 0 spiro atoms. The molecule has 1 aromatic carbocycles. The minimum Gasteiger partial charge on any atom is -0.392 e. The average molecular weight is 239 g/mol. The van der Waals surface area contributed by atoms with Crippen molar-refractivity contribution in [3.8, 4) is 6.07 Å². The molecule has 0 aliphatic carbocycles. The Kier molecular flexibility index (Phi) is 4.60. The Bertz CT molecular complexity index is 400. The molecular formula is C12H15ClN2O. The summed E-state index contributed by atoms with van der Waals surface area (Å²) in [5.41, 5.74) is 1.58. The highest BCUT2D eigenvalue weighted by Crippen LogP contribution is 2.30. The van der Waals surface area contributed by atoms with Gasteiger partial charge in [0.05, 0.1) is 29.8 Å². The molecule has 0 radical (unpaired) electrons. The van der Waals surface area contributed by atoms with Crippen LogP contribution in [0.3, 0.4) is 0 Å². The summed E-state index contributed by atoms with van der Waals surface area (Å²) in [4.78, 5) is 1.93. The molecule has 1 rings (SSSR count). The van der Waals surface area contributed by atoms with E-state index < -0.39 is 0 Å². The molecule has 1 N–H and O–H groups in total. The zero-order valence-electron chi connectivity index (χ0n) is 9.44. The molecule has 0 fully saturated rings. The van der Waals surface area contributed by atoms with Gasteiger partial charge >= 0.3 is 0 Å². The van der Waals surface area contributed by atoms with Crippen LogP contribution in [0, 0.1) is 11.3 Å². The molecule has 16 heavy (non-hydrogen) atoms. The SMILES string of the molecule is CC(CC#N)N(C)c1c(Cl)cccc1CO. The summed E-state index contributed by atoms with van der Waals surface area (Å²) >= 11 is 6.11. The van der Waals surface area contributed by atoms with Crippen molar-refractivity contribution in [3.05, 3.63) is 28.8 Å². The fourth-order valence-corrected chi connectivity index (χ4v) is 1.90. The van der Waals surface area contributed by atoms with Crippen LogP contribution in [0.15, 0.2) is 18.2 Å². The fraction of sp³-hybridized carbons (Fsp3) is 0.417. The molecule has 0 aliphatic heterocycles. The number of para-hydroxylation sites is 1. The summed E-state index contributed by atoms with van der Waals surface area (Å²) in [5, 5.41) is 18.5. The Hall–Kier alpha value is -1.24. The first-order chi connectivity index (χ1) is 7.61. The van der Waals surface area contributed by atoms with Crippen molar-refractivity contribution in [2.45, 2.75) is 26.0 Å². The first-order valence-electron chi connectivity index (χ1n) is 5.09. The summed E-state index contributed by atoms with van der Waals surface area (Å²) in [6, 6.07) is 7.61. The Labute approximate surface area is 101 Å². The number of aliphatic hydroxyl groups is 1. The minimum absolute atomic E-state index is 0.0560. The molecule has 86 valence electrons. The van der Waals surface area contributed by atoms with Crippen LogP contribution < -0.4 is 4.90 Å². The van der Waals surface area contributed by atoms with Gasteiger partial charge in [0.15, 0.2) is 0 Å². The van der Waals surface area contributed by atoms with Crippen LogP contribution in [0.4, 0.5) is 5.69 Å². The number of rotatable bonds is 4. The van der Waals surface area contributed by atoms with Gasteiger partial charge in [-0.15, -0.1) is 0 Å². The maximum Gasteiger partial charge on any atom is 0.0702 e. The molecule has 0 bridgehead atoms. The van der Waals surface area contributed by atoms with Crippen LogP contribution in [0.25, 0.3) is 0 Å². The summed E-state index contributed by atoms with van der Waals surface area (Å²) in [6.45, 7) is 1.90. The van der Waals surface area contributed by atoms with Gasteiger partial charge in [0.25, 0.3) is 0 Å². The quantitative estimate of drug-likeness (QED) is 0.877. The highest BCUT2D eigenvalue weighted by atomic mass is 35.5. The molecular weight excluding hydrogens is 224 g/mol. The standard InChI is InChI=1S/C12H15ClN2O/c1-9(6-7-14)15(2)12-10(8-16)4-3-5-11(12)13/h3-5,9,16H,6,8H2,1-2H3.